The summed E-state index contributed by atoms with van der Waals surface area (Å²) >= 11 is 12.6. The van der Waals surface area contributed by atoms with E-state index in [1.54, 1.807) is 25.3 Å². The molecule has 0 spiro atoms. The molecule has 8 nitrogen and oxygen atoms in total. The second-order valence-electron chi connectivity index (χ2n) is 6.99. The van der Waals surface area contributed by atoms with E-state index in [9.17, 15) is 4.79 Å². The van der Waals surface area contributed by atoms with E-state index < -0.39 is 0 Å². The normalized spacial score (nSPS) is 15.1. The summed E-state index contributed by atoms with van der Waals surface area (Å²) in [6.45, 7) is 7.33. The number of halogens is 2. The topological polar surface area (TPSA) is 80.3 Å². The lowest BCUT2D eigenvalue weighted by atomic mass is 10.2. The molecule has 1 saturated heterocycles. The fourth-order valence-corrected chi connectivity index (χ4v) is 3.72. The summed E-state index contributed by atoms with van der Waals surface area (Å²) in [6.07, 6.45) is 1.63. The number of aryl methyl sites for hydroxylation is 2. The molecule has 1 aliphatic heterocycles. The molecule has 3 heterocycles. The molecule has 1 aliphatic rings. The Kier molecular flexibility index (Phi) is 5.58. The van der Waals surface area contributed by atoms with Crippen LogP contribution in [0.4, 0.5) is 5.69 Å². The van der Waals surface area contributed by atoms with E-state index in [1.165, 1.54) is 4.68 Å². The second kappa shape index (κ2) is 8.14. The fraction of sp³-hybridized carbons (Fsp3) is 0.368. The highest BCUT2D eigenvalue weighted by Crippen LogP contribution is 2.24. The highest BCUT2D eigenvalue weighted by molar-refractivity contribution is 6.33. The molecule has 0 saturated carbocycles. The molecule has 0 amide bonds. The van der Waals surface area contributed by atoms with Gasteiger partial charge >= 0.3 is 0 Å². The monoisotopic (exact) mass is 434 g/mol. The molecule has 4 rings (SSSR count). The smallest absolute Gasteiger partial charge is 0.292 e. The van der Waals surface area contributed by atoms with E-state index in [2.05, 4.69) is 25.0 Å². The lowest BCUT2D eigenvalue weighted by Gasteiger charge is -2.35. The first-order valence-electron chi connectivity index (χ1n) is 9.23. The number of rotatable bonds is 4. The van der Waals surface area contributed by atoms with Gasteiger partial charge in [-0.25, -0.2) is 0 Å². The van der Waals surface area contributed by atoms with Crippen molar-refractivity contribution in [2.75, 3.05) is 31.1 Å². The van der Waals surface area contributed by atoms with Crippen LogP contribution in [0.3, 0.4) is 0 Å². The molecule has 0 N–H and O–H groups in total. The summed E-state index contributed by atoms with van der Waals surface area (Å²) in [5.41, 5.74) is 1.79. The van der Waals surface area contributed by atoms with Crippen LogP contribution in [-0.4, -0.2) is 51.0 Å². The van der Waals surface area contributed by atoms with Gasteiger partial charge in [-0.15, -0.1) is 0 Å². The van der Waals surface area contributed by atoms with Crippen LogP contribution in [0.15, 0.2) is 33.7 Å². The first kappa shape index (κ1) is 19.9. The molecule has 2 aromatic heterocycles. The Balaban J connectivity index is 1.49. The Labute approximate surface area is 177 Å². The van der Waals surface area contributed by atoms with Crippen molar-refractivity contribution in [1.29, 1.82) is 0 Å². The number of aromatic nitrogens is 4. The highest BCUT2D eigenvalue weighted by Gasteiger charge is 2.22. The van der Waals surface area contributed by atoms with Crippen LogP contribution in [0.2, 0.25) is 10.0 Å². The first-order valence-corrected chi connectivity index (χ1v) is 9.99. The van der Waals surface area contributed by atoms with Crippen LogP contribution < -0.4 is 10.5 Å². The predicted molar refractivity (Wildman–Crippen MR) is 111 cm³/mol. The summed E-state index contributed by atoms with van der Waals surface area (Å²) < 4.78 is 6.29. The van der Waals surface area contributed by atoms with Crippen LogP contribution in [0.25, 0.3) is 5.69 Å². The summed E-state index contributed by atoms with van der Waals surface area (Å²) in [4.78, 5) is 21.3. The SMILES string of the molecule is Cc1nc(CN2CCN(c3cnn(-c4ccc(C)c(Cl)c4)c(=O)c3Cl)CC2)no1. The van der Waals surface area contributed by atoms with Gasteiger partial charge in [-0.1, -0.05) is 34.4 Å². The Morgan fingerprint density at radius 2 is 1.90 bits per heavy atom. The Morgan fingerprint density at radius 3 is 2.55 bits per heavy atom. The summed E-state index contributed by atoms with van der Waals surface area (Å²) in [5, 5.41) is 8.98. The summed E-state index contributed by atoms with van der Waals surface area (Å²) in [7, 11) is 0. The van der Waals surface area contributed by atoms with E-state index in [-0.39, 0.29) is 10.6 Å². The zero-order valence-corrected chi connectivity index (χ0v) is 17.6. The van der Waals surface area contributed by atoms with Gasteiger partial charge < -0.3 is 9.42 Å². The minimum absolute atomic E-state index is 0.152. The van der Waals surface area contributed by atoms with Crippen molar-refractivity contribution in [2.45, 2.75) is 20.4 Å². The summed E-state index contributed by atoms with van der Waals surface area (Å²) in [6, 6.07) is 5.35. The molecular weight excluding hydrogens is 415 g/mol. The number of piperazine rings is 1. The first-order chi connectivity index (χ1) is 13.9. The number of hydrogen-bond donors (Lipinski definition) is 0. The molecule has 152 valence electrons. The van der Waals surface area contributed by atoms with Gasteiger partial charge in [-0.05, 0) is 24.6 Å². The molecule has 10 heteroatoms. The molecule has 1 fully saturated rings. The van der Waals surface area contributed by atoms with Gasteiger partial charge in [0.2, 0.25) is 5.89 Å². The highest BCUT2D eigenvalue weighted by atomic mass is 35.5. The van der Waals surface area contributed by atoms with Crippen LogP contribution in [0.1, 0.15) is 17.3 Å². The Morgan fingerprint density at radius 1 is 1.14 bits per heavy atom. The summed E-state index contributed by atoms with van der Waals surface area (Å²) in [5.74, 6) is 1.24. The minimum Gasteiger partial charge on any atom is -0.366 e. The van der Waals surface area contributed by atoms with Crippen molar-refractivity contribution in [3.05, 3.63) is 62.1 Å². The lowest BCUT2D eigenvalue weighted by Crippen LogP contribution is -2.46. The standard InChI is InChI=1S/C19H20Cl2N6O2/c1-12-3-4-14(9-15(12)20)27-19(28)18(21)16(10-22-27)26-7-5-25(6-8-26)11-17-23-13(2)29-24-17/h3-4,9-10H,5-8,11H2,1-2H3. The molecule has 0 aliphatic carbocycles. The van der Waals surface area contributed by atoms with Gasteiger partial charge in [0, 0.05) is 38.1 Å². The molecular formula is C19H20Cl2N6O2. The third-order valence-electron chi connectivity index (χ3n) is 4.95. The van der Waals surface area contributed by atoms with E-state index in [0.717, 1.165) is 31.7 Å². The van der Waals surface area contributed by atoms with E-state index in [4.69, 9.17) is 27.7 Å². The maximum Gasteiger partial charge on any atom is 0.292 e. The van der Waals surface area contributed by atoms with E-state index in [1.807, 2.05) is 13.0 Å². The fourth-order valence-electron chi connectivity index (χ4n) is 3.29. The molecule has 1 aromatic carbocycles. The van der Waals surface area contributed by atoms with Gasteiger partial charge in [-0.3, -0.25) is 9.69 Å². The molecule has 0 unspecified atom stereocenters. The van der Waals surface area contributed by atoms with Crippen molar-refractivity contribution < 1.29 is 4.52 Å². The predicted octanol–water partition coefficient (Wildman–Crippen LogP) is 2.86. The van der Waals surface area contributed by atoms with Crippen molar-refractivity contribution >= 4 is 28.9 Å². The third-order valence-corrected chi connectivity index (χ3v) is 5.71. The van der Waals surface area contributed by atoms with Crippen LogP contribution >= 0.6 is 23.2 Å². The second-order valence-corrected chi connectivity index (χ2v) is 7.77. The van der Waals surface area contributed by atoms with Crippen LogP contribution in [0.5, 0.6) is 0 Å². The Bertz CT molecular complexity index is 1090. The average molecular weight is 435 g/mol. The third kappa shape index (κ3) is 4.14. The largest absolute Gasteiger partial charge is 0.366 e. The Hall–Kier alpha value is -2.42. The number of hydrogen-bond acceptors (Lipinski definition) is 7. The minimum atomic E-state index is -0.367. The number of nitrogens with zero attached hydrogens (tertiary/aromatic N) is 6. The van der Waals surface area contributed by atoms with Crippen LogP contribution in [-0.2, 0) is 6.54 Å². The van der Waals surface area contributed by atoms with Gasteiger partial charge in [0.15, 0.2) is 5.82 Å². The average Bonchev–Trinajstić information content (AvgIpc) is 3.12. The zero-order valence-electron chi connectivity index (χ0n) is 16.1. The molecule has 0 bridgehead atoms. The van der Waals surface area contributed by atoms with E-state index in [0.29, 0.717) is 34.7 Å². The van der Waals surface area contributed by atoms with Gasteiger partial charge in [-0.2, -0.15) is 14.8 Å². The van der Waals surface area contributed by atoms with E-state index >= 15 is 0 Å². The molecule has 3 aromatic rings. The number of anilines is 1. The van der Waals surface area contributed by atoms with Crippen molar-refractivity contribution in [3.8, 4) is 5.69 Å². The zero-order chi connectivity index (χ0) is 20.5. The van der Waals surface area contributed by atoms with Gasteiger partial charge in [0.1, 0.15) is 5.02 Å². The van der Waals surface area contributed by atoms with Crippen molar-refractivity contribution in [3.63, 3.8) is 0 Å². The maximum absolute atomic E-state index is 12.8. The lowest BCUT2D eigenvalue weighted by molar-refractivity contribution is 0.240. The molecule has 0 atom stereocenters. The van der Waals surface area contributed by atoms with Crippen molar-refractivity contribution in [1.82, 2.24) is 24.8 Å². The van der Waals surface area contributed by atoms with Gasteiger partial charge in [0.05, 0.1) is 24.1 Å². The number of benzene rings is 1. The maximum atomic E-state index is 12.8. The van der Waals surface area contributed by atoms with Gasteiger partial charge in [0.25, 0.3) is 5.56 Å². The molecule has 0 radical (unpaired) electrons. The molecule has 29 heavy (non-hydrogen) atoms. The van der Waals surface area contributed by atoms with Crippen LogP contribution in [0, 0.1) is 13.8 Å². The van der Waals surface area contributed by atoms with Crippen molar-refractivity contribution in [2.24, 2.45) is 0 Å². The quantitative estimate of drug-likeness (QED) is 0.624.